The molecule has 0 amide bonds. The molecule has 34 heavy (non-hydrogen) atoms. The number of fused-ring (bicyclic) bond motifs is 1. The molecule has 1 aliphatic carbocycles. The van der Waals surface area contributed by atoms with E-state index in [1.807, 2.05) is 41.8 Å². The summed E-state index contributed by atoms with van der Waals surface area (Å²) in [6.07, 6.45) is 2.46. The second-order valence-electron chi connectivity index (χ2n) is 9.50. The molecule has 2 fully saturated rings. The third kappa shape index (κ3) is 4.52. The lowest BCUT2D eigenvalue weighted by molar-refractivity contribution is 0.132. The van der Waals surface area contributed by atoms with Gasteiger partial charge in [-0.3, -0.25) is 0 Å². The predicted octanol–water partition coefficient (Wildman–Crippen LogP) is 2.05. The Morgan fingerprint density at radius 2 is 1.91 bits per heavy atom. The minimum Gasteiger partial charge on any atom is -0.392 e. The van der Waals surface area contributed by atoms with Gasteiger partial charge in [0, 0.05) is 61.7 Å². The second-order valence-corrected chi connectivity index (χ2v) is 9.50. The highest BCUT2D eigenvalue weighted by Gasteiger charge is 2.54. The van der Waals surface area contributed by atoms with Gasteiger partial charge < -0.3 is 29.9 Å². The summed E-state index contributed by atoms with van der Waals surface area (Å²) in [6.45, 7) is 6.67. The molecule has 1 saturated heterocycles. The SMILES string of the molecule is C[C@H](O)c1nccn1[C@H](CN)c1cc(-c2ccc(C#CC3[C@H]4CN(C[C@@H](C)O)C[C@H]34)cc2)on1. The smallest absolute Gasteiger partial charge is 0.167 e. The number of benzene rings is 1. The summed E-state index contributed by atoms with van der Waals surface area (Å²) in [5, 5.41) is 23.8. The highest BCUT2D eigenvalue weighted by atomic mass is 16.5. The molecule has 178 valence electrons. The van der Waals surface area contributed by atoms with E-state index in [0.29, 0.717) is 41.6 Å². The lowest BCUT2D eigenvalue weighted by Gasteiger charge is -2.19. The number of likely N-dealkylation sites (tertiary alicyclic amines) is 1. The van der Waals surface area contributed by atoms with Crippen LogP contribution in [-0.2, 0) is 0 Å². The number of nitrogens with two attached hydrogens (primary N) is 1. The Morgan fingerprint density at radius 1 is 1.18 bits per heavy atom. The Morgan fingerprint density at radius 3 is 2.56 bits per heavy atom. The number of imidazole rings is 1. The quantitative estimate of drug-likeness (QED) is 0.462. The number of aromatic nitrogens is 3. The Hall–Kier alpha value is -2.96. The van der Waals surface area contributed by atoms with Gasteiger partial charge in [0.2, 0.25) is 0 Å². The van der Waals surface area contributed by atoms with Gasteiger partial charge in [-0.25, -0.2) is 4.98 Å². The van der Waals surface area contributed by atoms with Crippen molar-refractivity contribution in [2.75, 3.05) is 26.2 Å². The van der Waals surface area contributed by atoms with E-state index in [-0.39, 0.29) is 12.1 Å². The van der Waals surface area contributed by atoms with E-state index < -0.39 is 6.10 Å². The third-order valence-corrected chi connectivity index (χ3v) is 6.85. The molecule has 0 radical (unpaired) electrons. The summed E-state index contributed by atoms with van der Waals surface area (Å²) >= 11 is 0. The van der Waals surface area contributed by atoms with E-state index in [1.165, 1.54) is 0 Å². The number of aliphatic hydroxyl groups is 2. The van der Waals surface area contributed by atoms with Crippen LogP contribution < -0.4 is 5.73 Å². The maximum atomic E-state index is 9.97. The normalized spacial score (nSPS) is 24.2. The van der Waals surface area contributed by atoms with Crippen LogP contribution >= 0.6 is 0 Å². The number of β-amino-alcohol motifs (C(OH)–C–C–N with tert-alkyl or cyclic N) is 1. The largest absolute Gasteiger partial charge is 0.392 e. The Kier molecular flexibility index (Phi) is 6.28. The average Bonchev–Trinajstić information content (AvgIpc) is 3.31. The third-order valence-electron chi connectivity index (χ3n) is 6.85. The standard InChI is InChI=1S/C26H31N5O3/c1-16(32)13-30-14-21-20(22(21)15-30)8-5-18-3-6-19(7-4-18)25-11-23(29-34-25)24(12-27)31-10-9-28-26(31)17(2)33/h3-4,6-7,9-11,16-17,20-22,24,32-33H,12-15,27H2,1-2H3/t16-,17+,21-,22-,24-/m1/s1. The van der Waals surface area contributed by atoms with E-state index >= 15 is 0 Å². The number of hydrogen-bond donors (Lipinski definition) is 3. The second kappa shape index (κ2) is 9.35. The molecule has 1 aliphatic heterocycles. The summed E-state index contributed by atoms with van der Waals surface area (Å²) in [4.78, 5) is 6.57. The van der Waals surface area contributed by atoms with E-state index in [4.69, 9.17) is 10.3 Å². The van der Waals surface area contributed by atoms with Gasteiger partial charge in [-0.1, -0.05) is 17.0 Å². The first kappa shape index (κ1) is 22.8. The van der Waals surface area contributed by atoms with Crippen molar-refractivity contribution in [1.29, 1.82) is 0 Å². The average molecular weight is 462 g/mol. The van der Waals surface area contributed by atoms with Gasteiger partial charge in [0.05, 0.1) is 12.1 Å². The Balaban J connectivity index is 1.24. The molecular formula is C26H31N5O3. The molecule has 0 bridgehead atoms. The molecular weight excluding hydrogens is 430 g/mol. The first-order valence-electron chi connectivity index (χ1n) is 11.8. The van der Waals surface area contributed by atoms with Crippen molar-refractivity contribution in [3.8, 4) is 23.2 Å². The van der Waals surface area contributed by atoms with Gasteiger partial charge >= 0.3 is 0 Å². The van der Waals surface area contributed by atoms with Crippen LogP contribution in [0.15, 0.2) is 47.2 Å². The van der Waals surface area contributed by atoms with Crippen LogP contribution in [0.4, 0.5) is 0 Å². The fourth-order valence-corrected chi connectivity index (χ4v) is 5.11. The Labute approximate surface area is 199 Å². The van der Waals surface area contributed by atoms with Crippen LogP contribution in [0.5, 0.6) is 0 Å². The first-order chi connectivity index (χ1) is 16.4. The van der Waals surface area contributed by atoms with E-state index in [0.717, 1.165) is 30.8 Å². The van der Waals surface area contributed by atoms with Crippen molar-refractivity contribution >= 4 is 0 Å². The van der Waals surface area contributed by atoms with Crippen molar-refractivity contribution < 1.29 is 14.7 Å². The molecule has 5 rings (SSSR count). The zero-order valence-corrected chi connectivity index (χ0v) is 19.5. The number of aliphatic hydroxyl groups excluding tert-OH is 2. The number of piperidine rings is 1. The summed E-state index contributed by atoms with van der Waals surface area (Å²) in [5.74, 6) is 9.74. The van der Waals surface area contributed by atoms with Crippen LogP contribution in [0.25, 0.3) is 11.3 Å². The van der Waals surface area contributed by atoms with E-state index in [1.54, 1.807) is 19.3 Å². The van der Waals surface area contributed by atoms with Gasteiger partial charge in [0.1, 0.15) is 17.6 Å². The monoisotopic (exact) mass is 461 g/mol. The number of rotatable bonds is 7. The maximum absolute atomic E-state index is 9.97. The number of nitrogens with zero attached hydrogens (tertiary/aromatic N) is 4. The van der Waals surface area contributed by atoms with Crippen molar-refractivity contribution in [3.05, 3.63) is 59.8 Å². The molecule has 0 spiro atoms. The fourth-order valence-electron chi connectivity index (χ4n) is 5.11. The summed E-state index contributed by atoms with van der Waals surface area (Å²) in [7, 11) is 0. The van der Waals surface area contributed by atoms with Gasteiger partial charge in [0.25, 0.3) is 0 Å². The summed E-state index contributed by atoms with van der Waals surface area (Å²) < 4.78 is 7.44. The first-order valence-corrected chi connectivity index (χ1v) is 11.8. The lowest BCUT2D eigenvalue weighted by atomic mass is 10.1. The maximum Gasteiger partial charge on any atom is 0.167 e. The molecule has 3 heterocycles. The molecule has 8 heteroatoms. The Bertz CT molecular complexity index is 1170. The summed E-state index contributed by atoms with van der Waals surface area (Å²) in [5.41, 5.74) is 8.60. The van der Waals surface area contributed by atoms with Gasteiger partial charge in [-0.2, -0.15) is 0 Å². The van der Waals surface area contributed by atoms with Crippen LogP contribution in [0, 0.1) is 29.6 Å². The molecule has 5 atom stereocenters. The van der Waals surface area contributed by atoms with Crippen LogP contribution in [0.1, 0.15) is 43.1 Å². The van der Waals surface area contributed by atoms with Crippen molar-refractivity contribution in [2.24, 2.45) is 23.5 Å². The van der Waals surface area contributed by atoms with E-state index in [9.17, 15) is 10.2 Å². The molecule has 1 saturated carbocycles. The van der Waals surface area contributed by atoms with Crippen LogP contribution in [0.2, 0.25) is 0 Å². The zero-order valence-electron chi connectivity index (χ0n) is 19.5. The molecule has 1 aromatic carbocycles. The summed E-state index contributed by atoms with van der Waals surface area (Å²) in [6, 6.07) is 9.59. The zero-order chi connectivity index (χ0) is 23.8. The van der Waals surface area contributed by atoms with Crippen molar-refractivity contribution in [1.82, 2.24) is 19.6 Å². The molecule has 2 aliphatic rings. The molecule has 4 N–H and O–H groups in total. The molecule has 2 aromatic heterocycles. The van der Waals surface area contributed by atoms with Crippen molar-refractivity contribution in [3.63, 3.8) is 0 Å². The highest BCUT2D eigenvalue weighted by molar-refractivity contribution is 5.59. The van der Waals surface area contributed by atoms with Crippen LogP contribution in [0.3, 0.4) is 0 Å². The minimum atomic E-state index is -0.706. The predicted molar refractivity (Wildman–Crippen MR) is 127 cm³/mol. The molecule has 8 nitrogen and oxygen atoms in total. The topological polar surface area (TPSA) is 114 Å². The van der Waals surface area contributed by atoms with Gasteiger partial charge in [-0.05, 0) is 49.9 Å². The number of hydrogen-bond acceptors (Lipinski definition) is 7. The molecule has 0 unspecified atom stereocenters. The minimum absolute atomic E-state index is 0.269. The highest BCUT2D eigenvalue weighted by Crippen LogP contribution is 2.51. The van der Waals surface area contributed by atoms with E-state index in [2.05, 4.69) is 26.9 Å². The lowest BCUT2D eigenvalue weighted by Crippen LogP contribution is -2.31. The van der Waals surface area contributed by atoms with Gasteiger partial charge in [0.15, 0.2) is 5.76 Å². The van der Waals surface area contributed by atoms with Crippen molar-refractivity contribution in [2.45, 2.75) is 32.1 Å². The fraction of sp³-hybridized carbons (Fsp3) is 0.462. The molecule has 3 aromatic rings. The van der Waals surface area contributed by atoms with Gasteiger partial charge in [-0.15, -0.1) is 0 Å². The van der Waals surface area contributed by atoms with Crippen LogP contribution in [-0.4, -0.2) is 62.1 Å².